The molecule has 1 aliphatic carbocycles. The van der Waals surface area contributed by atoms with Gasteiger partial charge in [0.25, 0.3) is 0 Å². The van der Waals surface area contributed by atoms with E-state index < -0.39 is 0 Å². The van der Waals surface area contributed by atoms with Crippen molar-refractivity contribution in [2.45, 2.75) is 51.5 Å². The van der Waals surface area contributed by atoms with Crippen LogP contribution in [0.15, 0.2) is 12.3 Å². The molecule has 0 amide bonds. The monoisotopic (exact) mass is 219 g/mol. The first-order valence-electron chi connectivity index (χ1n) is 6.42. The van der Waals surface area contributed by atoms with Crippen LogP contribution < -0.4 is 5.32 Å². The number of nitrogens with zero attached hydrogens (tertiary/aromatic N) is 2. The second-order valence-corrected chi connectivity index (χ2v) is 4.56. The molecule has 2 rings (SSSR count). The molecule has 1 N–H and O–H groups in total. The molecule has 0 bridgehead atoms. The summed E-state index contributed by atoms with van der Waals surface area (Å²) >= 11 is 0. The Morgan fingerprint density at radius 1 is 1.38 bits per heavy atom. The Morgan fingerprint density at radius 3 is 2.94 bits per heavy atom. The molecule has 1 heterocycles. The highest BCUT2D eigenvalue weighted by molar-refractivity contribution is 5.06. The van der Waals surface area contributed by atoms with Crippen molar-refractivity contribution >= 4 is 0 Å². The Kier molecular flexibility index (Phi) is 4.28. The molecule has 3 nitrogen and oxygen atoms in total. The summed E-state index contributed by atoms with van der Waals surface area (Å²) in [7, 11) is 0. The quantitative estimate of drug-likeness (QED) is 0.774. The van der Waals surface area contributed by atoms with E-state index in [1.165, 1.54) is 32.1 Å². The van der Waals surface area contributed by atoms with Crippen molar-refractivity contribution in [3.63, 3.8) is 0 Å². The normalized spacial score (nSPS) is 16.8. The molecule has 16 heavy (non-hydrogen) atoms. The zero-order chi connectivity index (χ0) is 11.2. The highest BCUT2D eigenvalue weighted by Gasteiger charge is 2.19. The van der Waals surface area contributed by atoms with Gasteiger partial charge in [-0.25, -0.2) is 9.97 Å². The van der Waals surface area contributed by atoms with Gasteiger partial charge in [-0.3, -0.25) is 0 Å². The summed E-state index contributed by atoms with van der Waals surface area (Å²) in [6.45, 7) is 4.11. The summed E-state index contributed by atoms with van der Waals surface area (Å²) in [5, 5.41) is 3.38. The lowest BCUT2D eigenvalue weighted by molar-refractivity contribution is 0.632. The molecule has 1 aliphatic rings. The summed E-state index contributed by atoms with van der Waals surface area (Å²) in [4.78, 5) is 9.06. The highest BCUT2D eigenvalue weighted by atomic mass is 14.9. The van der Waals surface area contributed by atoms with Gasteiger partial charge < -0.3 is 5.32 Å². The van der Waals surface area contributed by atoms with Crippen LogP contribution in [0, 0.1) is 0 Å². The summed E-state index contributed by atoms with van der Waals surface area (Å²) in [6.07, 6.45) is 8.29. The number of hydrogen-bond acceptors (Lipinski definition) is 3. The van der Waals surface area contributed by atoms with Gasteiger partial charge in [0.15, 0.2) is 0 Å². The van der Waals surface area contributed by atoms with E-state index in [9.17, 15) is 0 Å². The van der Waals surface area contributed by atoms with Crippen LogP contribution in [0.3, 0.4) is 0 Å². The molecule has 0 aromatic carbocycles. The van der Waals surface area contributed by atoms with E-state index >= 15 is 0 Å². The van der Waals surface area contributed by atoms with Gasteiger partial charge in [0.05, 0.1) is 5.69 Å². The lowest BCUT2D eigenvalue weighted by atomic mass is 10.1. The molecule has 0 atom stereocenters. The van der Waals surface area contributed by atoms with Crippen LogP contribution in [0.5, 0.6) is 0 Å². The standard InChI is InChI=1S/C13H21N3/c1-2-8-14-10-12-7-9-15-13(16-12)11-5-3-4-6-11/h7,9,11,14H,2-6,8,10H2,1H3. The Morgan fingerprint density at radius 2 is 2.19 bits per heavy atom. The second-order valence-electron chi connectivity index (χ2n) is 4.56. The highest BCUT2D eigenvalue weighted by Crippen LogP contribution is 2.31. The van der Waals surface area contributed by atoms with Crippen LogP contribution >= 0.6 is 0 Å². The maximum absolute atomic E-state index is 4.65. The maximum Gasteiger partial charge on any atom is 0.131 e. The van der Waals surface area contributed by atoms with Crippen LogP contribution in [0.25, 0.3) is 0 Å². The smallest absolute Gasteiger partial charge is 0.131 e. The van der Waals surface area contributed by atoms with Gasteiger partial charge in [-0.15, -0.1) is 0 Å². The van der Waals surface area contributed by atoms with E-state index in [1.807, 2.05) is 12.3 Å². The van der Waals surface area contributed by atoms with Gasteiger partial charge >= 0.3 is 0 Å². The van der Waals surface area contributed by atoms with Gasteiger partial charge in [0.1, 0.15) is 5.82 Å². The van der Waals surface area contributed by atoms with Gasteiger partial charge in [-0.1, -0.05) is 19.8 Å². The largest absolute Gasteiger partial charge is 0.311 e. The molecule has 0 aliphatic heterocycles. The minimum atomic E-state index is 0.617. The Labute approximate surface area is 97.7 Å². The number of rotatable bonds is 5. The lowest BCUT2D eigenvalue weighted by Crippen LogP contribution is -2.15. The number of nitrogens with one attached hydrogen (secondary N) is 1. The summed E-state index contributed by atoms with van der Waals surface area (Å²) in [6, 6.07) is 2.01. The van der Waals surface area contributed by atoms with E-state index in [2.05, 4.69) is 22.2 Å². The number of hydrogen-bond donors (Lipinski definition) is 1. The summed E-state index contributed by atoms with van der Waals surface area (Å²) < 4.78 is 0. The van der Waals surface area contributed by atoms with Crippen molar-refractivity contribution in [1.82, 2.24) is 15.3 Å². The van der Waals surface area contributed by atoms with Gasteiger partial charge in [-0.05, 0) is 31.9 Å². The van der Waals surface area contributed by atoms with E-state index in [4.69, 9.17) is 0 Å². The van der Waals surface area contributed by atoms with Crippen molar-refractivity contribution in [2.75, 3.05) is 6.54 Å². The van der Waals surface area contributed by atoms with E-state index in [-0.39, 0.29) is 0 Å². The Balaban J connectivity index is 1.95. The topological polar surface area (TPSA) is 37.8 Å². The van der Waals surface area contributed by atoms with Crippen molar-refractivity contribution in [3.8, 4) is 0 Å². The first kappa shape index (κ1) is 11.5. The zero-order valence-electron chi connectivity index (χ0n) is 10.1. The fraction of sp³-hybridized carbons (Fsp3) is 0.692. The van der Waals surface area contributed by atoms with Crippen molar-refractivity contribution in [1.29, 1.82) is 0 Å². The molecule has 1 fully saturated rings. The molecular weight excluding hydrogens is 198 g/mol. The van der Waals surface area contributed by atoms with E-state index in [0.29, 0.717) is 5.92 Å². The third-order valence-corrected chi connectivity index (χ3v) is 3.19. The minimum Gasteiger partial charge on any atom is -0.311 e. The first-order valence-corrected chi connectivity index (χ1v) is 6.42. The molecular formula is C13H21N3. The van der Waals surface area contributed by atoms with E-state index in [0.717, 1.165) is 24.6 Å². The molecule has 0 saturated heterocycles. The van der Waals surface area contributed by atoms with Crippen LogP contribution in [-0.4, -0.2) is 16.5 Å². The Hall–Kier alpha value is -0.960. The number of aromatic nitrogens is 2. The molecule has 88 valence electrons. The summed E-state index contributed by atoms with van der Waals surface area (Å²) in [5.74, 6) is 1.68. The molecule has 0 radical (unpaired) electrons. The molecule has 3 heteroatoms. The minimum absolute atomic E-state index is 0.617. The molecule has 0 spiro atoms. The third kappa shape index (κ3) is 3.01. The third-order valence-electron chi connectivity index (χ3n) is 3.19. The second kappa shape index (κ2) is 5.94. The van der Waals surface area contributed by atoms with Crippen LogP contribution in [0.2, 0.25) is 0 Å². The fourth-order valence-electron chi connectivity index (χ4n) is 2.29. The lowest BCUT2D eigenvalue weighted by Gasteiger charge is -2.09. The van der Waals surface area contributed by atoms with Gasteiger partial charge in [0.2, 0.25) is 0 Å². The zero-order valence-corrected chi connectivity index (χ0v) is 10.1. The summed E-state index contributed by atoms with van der Waals surface area (Å²) in [5.41, 5.74) is 1.13. The first-order chi connectivity index (χ1) is 7.90. The van der Waals surface area contributed by atoms with Crippen molar-refractivity contribution < 1.29 is 0 Å². The molecule has 1 aromatic heterocycles. The average Bonchev–Trinajstić information content (AvgIpc) is 2.83. The van der Waals surface area contributed by atoms with Crippen molar-refractivity contribution in [3.05, 3.63) is 23.8 Å². The molecule has 0 unspecified atom stereocenters. The van der Waals surface area contributed by atoms with Crippen molar-refractivity contribution in [2.24, 2.45) is 0 Å². The van der Waals surface area contributed by atoms with Gasteiger partial charge in [0, 0.05) is 18.7 Å². The molecule has 1 aromatic rings. The maximum atomic E-state index is 4.65. The van der Waals surface area contributed by atoms with E-state index in [1.54, 1.807) is 0 Å². The SMILES string of the molecule is CCCNCc1ccnc(C2CCCC2)n1. The van der Waals surface area contributed by atoms with Gasteiger partial charge in [-0.2, -0.15) is 0 Å². The van der Waals surface area contributed by atoms with Crippen LogP contribution in [-0.2, 0) is 6.54 Å². The predicted molar refractivity (Wildman–Crippen MR) is 65.2 cm³/mol. The fourth-order valence-corrected chi connectivity index (χ4v) is 2.29. The molecule has 1 saturated carbocycles. The predicted octanol–water partition coefficient (Wildman–Crippen LogP) is 2.63. The Bertz CT molecular complexity index is 319. The average molecular weight is 219 g/mol. The van der Waals surface area contributed by atoms with Crippen LogP contribution in [0.1, 0.15) is 56.5 Å². The van der Waals surface area contributed by atoms with Crippen LogP contribution in [0.4, 0.5) is 0 Å².